The maximum atomic E-state index is 12.5. The molecule has 4 aromatic rings. The van der Waals surface area contributed by atoms with E-state index in [0.717, 1.165) is 41.4 Å². The Hall–Kier alpha value is -2.93. The van der Waals surface area contributed by atoms with Gasteiger partial charge >= 0.3 is 5.97 Å². The molecular weight excluding hydrogens is 738 g/mol. The fraction of sp³-hybridized carbons (Fsp3) is 0.412. The summed E-state index contributed by atoms with van der Waals surface area (Å²) in [4.78, 5) is 23.0. The average Bonchev–Trinajstić information content (AvgIpc) is 3.89. The normalized spacial score (nSPS) is 19.1. The third-order valence-corrected chi connectivity index (χ3v) is 9.46. The summed E-state index contributed by atoms with van der Waals surface area (Å²) in [6.45, 7) is 0. The van der Waals surface area contributed by atoms with Crippen LogP contribution in [-0.2, 0) is 26.9 Å². The number of aromatic nitrogens is 4. The van der Waals surface area contributed by atoms with Crippen molar-refractivity contribution in [3.63, 3.8) is 0 Å². The largest absolute Gasteiger partial charge is 1.00 e. The highest BCUT2D eigenvalue weighted by Crippen LogP contribution is 2.41. The van der Waals surface area contributed by atoms with Gasteiger partial charge in [0.1, 0.15) is 5.69 Å². The Morgan fingerprint density at radius 3 is 1.83 bits per heavy atom. The number of hydrogen-bond donors (Lipinski definition) is 3. The van der Waals surface area contributed by atoms with E-state index in [1.165, 1.54) is 53.6 Å². The standard InChI is InChI=1S/C17H18ClN3O.C9H10ClN.C8H10N2O2.HI/c1-21-16(10-2-3-10)9-15(20-21)17(22)19-14-7-4-11-8-12(18)5-6-13(11)14;10-7-2-3-8-6(5-7)1-4-9(8)11;1-10-7(5-2-3-5)4-6(9-10)8(11)12;/h5-6,8-10,14H,2-4,7H2,1H3,(H,19,22);2-3,5,9H,1,4,11H2;4-5H,2-3H2,1H3,(H,11,12);1H/p-1/t14-;9-;;/m11../s1. The van der Waals surface area contributed by atoms with E-state index in [2.05, 4.69) is 15.5 Å². The Bertz CT molecular complexity index is 1750. The summed E-state index contributed by atoms with van der Waals surface area (Å²) in [7, 11) is 3.71. The lowest BCUT2D eigenvalue weighted by atomic mass is 10.1. The number of amides is 1. The van der Waals surface area contributed by atoms with Crippen molar-refractivity contribution < 1.29 is 38.7 Å². The molecule has 12 heteroatoms. The van der Waals surface area contributed by atoms with Crippen LogP contribution in [0.4, 0.5) is 0 Å². The summed E-state index contributed by atoms with van der Waals surface area (Å²) in [5, 5.41) is 21.6. The van der Waals surface area contributed by atoms with E-state index in [9.17, 15) is 9.59 Å². The number of rotatable bonds is 5. The molecule has 0 unspecified atom stereocenters. The molecule has 2 heterocycles. The van der Waals surface area contributed by atoms with Gasteiger partial charge in [-0.2, -0.15) is 10.2 Å². The number of carboxylic acid groups (broad SMARTS) is 1. The number of nitrogens with zero attached hydrogens (tertiary/aromatic N) is 4. The summed E-state index contributed by atoms with van der Waals surface area (Å²) in [6, 6.07) is 15.8. The highest BCUT2D eigenvalue weighted by atomic mass is 127. The van der Waals surface area contributed by atoms with Crippen LogP contribution in [0.1, 0.15) is 117 Å². The number of fused-ring (bicyclic) bond motifs is 2. The quantitative estimate of drug-likeness (QED) is 0.266. The number of halogens is 3. The minimum atomic E-state index is -0.947. The second-order valence-electron chi connectivity index (χ2n) is 12.4. The first-order valence-electron chi connectivity index (χ1n) is 15.5. The molecule has 2 fully saturated rings. The lowest BCUT2D eigenvalue weighted by molar-refractivity contribution is -0.0000327. The molecule has 244 valence electrons. The van der Waals surface area contributed by atoms with Gasteiger partial charge in [-0.3, -0.25) is 14.2 Å². The summed E-state index contributed by atoms with van der Waals surface area (Å²) in [6.07, 6.45) is 8.76. The van der Waals surface area contributed by atoms with E-state index in [-0.39, 0.29) is 47.7 Å². The number of aromatic carboxylic acids is 1. The average molecular weight is 777 g/mol. The predicted octanol–water partition coefficient (Wildman–Crippen LogP) is 3.65. The Labute approximate surface area is 295 Å². The molecule has 2 atom stereocenters. The molecule has 0 radical (unpaired) electrons. The maximum Gasteiger partial charge on any atom is 0.356 e. The number of carboxylic acids is 1. The molecule has 2 saturated carbocycles. The van der Waals surface area contributed by atoms with E-state index in [1.54, 1.807) is 17.8 Å². The Morgan fingerprint density at radius 1 is 0.783 bits per heavy atom. The summed E-state index contributed by atoms with van der Waals surface area (Å²) >= 11 is 11.9. The number of carbonyl (C=O) groups is 2. The zero-order valence-electron chi connectivity index (χ0n) is 25.8. The Morgan fingerprint density at radius 2 is 1.28 bits per heavy atom. The number of carbonyl (C=O) groups excluding carboxylic acids is 1. The van der Waals surface area contributed by atoms with Crippen molar-refractivity contribution in [2.75, 3.05) is 0 Å². The van der Waals surface area contributed by atoms with Crippen LogP contribution in [0.3, 0.4) is 0 Å². The molecule has 4 aliphatic rings. The molecule has 0 saturated heterocycles. The van der Waals surface area contributed by atoms with Crippen LogP contribution in [0.25, 0.3) is 0 Å². The molecule has 2 aromatic heterocycles. The van der Waals surface area contributed by atoms with Gasteiger partial charge in [-0.1, -0.05) is 35.3 Å². The third kappa shape index (κ3) is 7.95. The highest BCUT2D eigenvalue weighted by Gasteiger charge is 2.30. The molecule has 0 spiro atoms. The van der Waals surface area contributed by atoms with Gasteiger partial charge in [-0.25, -0.2) is 4.79 Å². The van der Waals surface area contributed by atoms with Crippen molar-refractivity contribution >= 4 is 35.1 Å². The second kappa shape index (κ2) is 14.5. The molecule has 0 bridgehead atoms. The first-order valence-corrected chi connectivity index (χ1v) is 16.3. The Balaban J connectivity index is 0.000000147. The third-order valence-electron chi connectivity index (χ3n) is 8.99. The molecule has 4 aliphatic carbocycles. The van der Waals surface area contributed by atoms with Crippen molar-refractivity contribution in [1.82, 2.24) is 24.9 Å². The molecule has 2 aromatic carbocycles. The van der Waals surface area contributed by atoms with Crippen LogP contribution in [-0.4, -0.2) is 36.5 Å². The van der Waals surface area contributed by atoms with E-state index in [0.29, 0.717) is 17.5 Å². The van der Waals surface area contributed by atoms with Crippen LogP contribution >= 0.6 is 23.2 Å². The Kier molecular flexibility index (Phi) is 10.8. The van der Waals surface area contributed by atoms with Gasteiger partial charge in [0.05, 0.1) is 6.04 Å². The molecular formula is C34H38Cl2IN6O3-. The predicted molar refractivity (Wildman–Crippen MR) is 174 cm³/mol. The maximum absolute atomic E-state index is 12.5. The minimum Gasteiger partial charge on any atom is -1.00 e. The highest BCUT2D eigenvalue weighted by molar-refractivity contribution is 6.31. The van der Waals surface area contributed by atoms with Crippen LogP contribution < -0.4 is 35.0 Å². The summed E-state index contributed by atoms with van der Waals surface area (Å²) in [5.74, 6) is 0.108. The molecule has 4 N–H and O–H groups in total. The SMILES string of the molecule is Cn1nc(C(=O)N[C@@H]2CCc3cc(Cl)ccc32)cc1C1CC1.Cn1nc(C(=O)O)cc1C1CC1.N[C@@H]1CCc2cc(Cl)ccc21.[I-]. The summed E-state index contributed by atoms with van der Waals surface area (Å²) in [5.41, 5.74) is 13.8. The zero-order valence-corrected chi connectivity index (χ0v) is 29.5. The van der Waals surface area contributed by atoms with E-state index in [4.69, 9.17) is 34.0 Å². The van der Waals surface area contributed by atoms with Gasteiger partial charge in [-0.05, 0) is 110 Å². The van der Waals surface area contributed by atoms with E-state index < -0.39 is 5.97 Å². The van der Waals surface area contributed by atoms with Crippen molar-refractivity contribution in [3.8, 4) is 0 Å². The first-order chi connectivity index (χ1) is 21.6. The molecule has 46 heavy (non-hydrogen) atoms. The van der Waals surface area contributed by atoms with Crippen molar-refractivity contribution in [1.29, 1.82) is 0 Å². The smallest absolute Gasteiger partial charge is 0.356 e. The van der Waals surface area contributed by atoms with Gasteiger partial charge in [0, 0.05) is 53.4 Å². The molecule has 1 amide bonds. The topological polar surface area (TPSA) is 128 Å². The van der Waals surface area contributed by atoms with Crippen molar-refractivity contribution in [2.45, 2.75) is 75.3 Å². The van der Waals surface area contributed by atoms with Gasteiger partial charge in [-0.15, -0.1) is 0 Å². The number of nitrogens with one attached hydrogen (secondary N) is 1. The lowest BCUT2D eigenvalue weighted by Gasteiger charge is -2.13. The summed E-state index contributed by atoms with van der Waals surface area (Å²) < 4.78 is 3.51. The minimum absolute atomic E-state index is 0. The number of benzene rings is 2. The fourth-order valence-electron chi connectivity index (χ4n) is 6.29. The fourth-order valence-corrected chi connectivity index (χ4v) is 6.68. The lowest BCUT2D eigenvalue weighted by Crippen LogP contribution is -3.00. The monoisotopic (exact) mass is 775 g/mol. The molecule has 8 rings (SSSR count). The van der Waals surface area contributed by atoms with Crippen molar-refractivity contribution in [2.24, 2.45) is 19.8 Å². The van der Waals surface area contributed by atoms with Crippen LogP contribution in [0.5, 0.6) is 0 Å². The van der Waals surface area contributed by atoms with Gasteiger partial charge in [0.25, 0.3) is 5.91 Å². The zero-order chi connectivity index (χ0) is 31.8. The number of nitrogens with two attached hydrogens (primary N) is 1. The van der Waals surface area contributed by atoms with Gasteiger partial charge < -0.3 is 40.1 Å². The van der Waals surface area contributed by atoms with Crippen LogP contribution in [0, 0.1) is 0 Å². The van der Waals surface area contributed by atoms with Gasteiger partial charge in [0.15, 0.2) is 5.69 Å². The number of hydrogen-bond acceptors (Lipinski definition) is 5. The number of aryl methyl sites for hydroxylation is 4. The van der Waals surface area contributed by atoms with Crippen molar-refractivity contribution in [3.05, 3.63) is 104 Å². The van der Waals surface area contributed by atoms with Gasteiger partial charge in [0.2, 0.25) is 0 Å². The molecule has 9 nitrogen and oxygen atoms in total. The second-order valence-corrected chi connectivity index (χ2v) is 13.3. The van der Waals surface area contributed by atoms with E-state index in [1.807, 2.05) is 54.2 Å². The van der Waals surface area contributed by atoms with Crippen LogP contribution in [0.2, 0.25) is 10.0 Å². The molecule has 0 aliphatic heterocycles. The van der Waals surface area contributed by atoms with Crippen LogP contribution in [0.15, 0.2) is 48.5 Å². The van der Waals surface area contributed by atoms with E-state index >= 15 is 0 Å². The first kappa shape index (κ1) is 34.4.